The maximum absolute atomic E-state index is 8.84. The van der Waals surface area contributed by atoms with E-state index in [1.807, 2.05) is 24.3 Å². The fourth-order valence-electron chi connectivity index (χ4n) is 1.38. The lowest BCUT2D eigenvalue weighted by molar-refractivity contribution is 0.278. The van der Waals surface area contributed by atoms with Crippen molar-refractivity contribution in [2.45, 2.75) is 25.8 Å². The number of benzene rings is 1. The smallest absolute Gasteiger partial charge is 0.0576 e. The van der Waals surface area contributed by atoms with Crippen LogP contribution in [0.3, 0.4) is 0 Å². The number of aliphatic hydroxyl groups excluding tert-OH is 1. The average Bonchev–Trinajstić information content (AvgIpc) is 2.20. The van der Waals surface area contributed by atoms with Crippen molar-refractivity contribution in [2.75, 3.05) is 17.7 Å². The zero-order valence-electron chi connectivity index (χ0n) is 8.53. The number of nitrogens with one attached hydrogen (secondary N) is 1. The Kier molecular flexibility index (Phi) is 4.26. The van der Waals surface area contributed by atoms with Crippen LogP contribution in [0.25, 0.3) is 0 Å². The molecule has 0 aliphatic carbocycles. The van der Waals surface area contributed by atoms with Gasteiger partial charge in [-0.1, -0.05) is 19.1 Å². The second-order valence-corrected chi connectivity index (χ2v) is 3.35. The Labute approximate surface area is 84.9 Å². The van der Waals surface area contributed by atoms with E-state index in [9.17, 15) is 0 Å². The third kappa shape index (κ3) is 2.92. The quantitative estimate of drug-likeness (QED) is 0.627. The summed E-state index contributed by atoms with van der Waals surface area (Å²) in [4.78, 5) is 0. The van der Waals surface area contributed by atoms with Gasteiger partial charge < -0.3 is 16.2 Å². The van der Waals surface area contributed by atoms with Crippen molar-refractivity contribution in [3.8, 4) is 0 Å². The van der Waals surface area contributed by atoms with Crippen LogP contribution in [0.1, 0.15) is 19.8 Å². The predicted octanol–water partition coefficient (Wildman–Crippen LogP) is 1.84. The summed E-state index contributed by atoms with van der Waals surface area (Å²) >= 11 is 0. The molecule has 0 saturated heterocycles. The van der Waals surface area contributed by atoms with Gasteiger partial charge in [0, 0.05) is 12.6 Å². The predicted molar refractivity (Wildman–Crippen MR) is 60.3 cm³/mol. The number of nitrogens with two attached hydrogens (primary N) is 1. The minimum absolute atomic E-state index is 0.207. The third-order valence-electron chi connectivity index (χ3n) is 2.29. The Morgan fingerprint density at radius 1 is 1.43 bits per heavy atom. The molecule has 3 nitrogen and oxygen atoms in total. The van der Waals surface area contributed by atoms with Crippen LogP contribution in [0.5, 0.6) is 0 Å². The first-order valence-electron chi connectivity index (χ1n) is 4.99. The van der Waals surface area contributed by atoms with Crippen molar-refractivity contribution in [2.24, 2.45) is 0 Å². The summed E-state index contributed by atoms with van der Waals surface area (Å²) in [6.45, 7) is 2.30. The molecule has 1 rings (SSSR count). The minimum Gasteiger partial charge on any atom is -0.397 e. The Morgan fingerprint density at radius 3 is 2.71 bits per heavy atom. The van der Waals surface area contributed by atoms with Gasteiger partial charge in [-0.2, -0.15) is 0 Å². The van der Waals surface area contributed by atoms with Gasteiger partial charge in [0.05, 0.1) is 11.4 Å². The van der Waals surface area contributed by atoms with Crippen LogP contribution in [-0.2, 0) is 0 Å². The minimum atomic E-state index is 0.207. The largest absolute Gasteiger partial charge is 0.397 e. The number of hydrogen-bond donors (Lipinski definition) is 3. The molecule has 0 radical (unpaired) electrons. The number of rotatable bonds is 5. The summed E-state index contributed by atoms with van der Waals surface area (Å²) < 4.78 is 0. The second-order valence-electron chi connectivity index (χ2n) is 3.35. The molecule has 0 spiro atoms. The fourth-order valence-corrected chi connectivity index (χ4v) is 1.38. The molecule has 14 heavy (non-hydrogen) atoms. The summed E-state index contributed by atoms with van der Waals surface area (Å²) in [5.74, 6) is 0. The van der Waals surface area contributed by atoms with Crippen molar-refractivity contribution in [1.29, 1.82) is 0 Å². The number of nitrogen functional groups attached to an aromatic ring is 1. The molecule has 1 aromatic rings. The van der Waals surface area contributed by atoms with Crippen LogP contribution in [0.15, 0.2) is 24.3 Å². The normalized spacial score (nSPS) is 12.4. The number of para-hydroxylation sites is 2. The van der Waals surface area contributed by atoms with Crippen molar-refractivity contribution >= 4 is 11.4 Å². The molecule has 3 heteroatoms. The molecule has 0 aliphatic rings. The Bertz CT molecular complexity index is 276. The van der Waals surface area contributed by atoms with E-state index < -0.39 is 0 Å². The van der Waals surface area contributed by atoms with Gasteiger partial charge in [0.1, 0.15) is 0 Å². The van der Waals surface area contributed by atoms with Crippen LogP contribution < -0.4 is 11.1 Å². The van der Waals surface area contributed by atoms with Crippen LogP contribution >= 0.6 is 0 Å². The van der Waals surface area contributed by atoms with Gasteiger partial charge in [-0.15, -0.1) is 0 Å². The highest BCUT2D eigenvalue weighted by Crippen LogP contribution is 2.19. The zero-order valence-corrected chi connectivity index (χ0v) is 8.53. The van der Waals surface area contributed by atoms with Gasteiger partial charge in [0.2, 0.25) is 0 Å². The lowest BCUT2D eigenvalue weighted by atomic mass is 10.1. The highest BCUT2D eigenvalue weighted by molar-refractivity contribution is 5.65. The maximum Gasteiger partial charge on any atom is 0.0576 e. The molecule has 78 valence electrons. The molecule has 1 unspecified atom stereocenters. The lowest BCUT2D eigenvalue weighted by Gasteiger charge is -2.18. The molecular formula is C11H18N2O. The summed E-state index contributed by atoms with van der Waals surface area (Å²) in [6, 6.07) is 7.98. The van der Waals surface area contributed by atoms with Crippen molar-refractivity contribution in [3.05, 3.63) is 24.3 Å². The van der Waals surface area contributed by atoms with Gasteiger partial charge in [-0.3, -0.25) is 0 Å². The van der Waals surface area contributed by atoms with Crippen molar-refractivity contribution in [1.82, 2.24) is 0 Å². The van der Waals surface area contributed by atoms with E-state index in [0.717, 1.165) is 24.2 Å². The van der Waals surface area contributed by atoms with Crippen LogP contribution in [0.4, 0.5) is 11.4 Å². The molecule has 0 amide bonds. The summed E-state index contributed by atoms with van der Waals surface area (Å²) in [5, 5.41) is 12.2. The van der Waals surface area contributed by atoms with E-state index in [2.05, 4.69) is 12.2 Å². The van der Waals surface area contributed by atoms with E-state index in [0.29, 0.717) is 6.04 Å². The first-order valence-corrected chi connectivity index (χ1v) is 4.99. The van der Waals surface area contributed by atoms with Gasteiger partial charge in [0.15, 0.2) is 0 Å². The number of anilines is 2. The zero-order chi connectivity index (χ0) is 10.4. The molecule has 1 atom stereocenters. The lowest BCUT2D eigenvalue weighted by Crippen LogP contribution is -2.20. The van der Waals surface area contributed by atoms with Gasteiger partial charge >= 0.3 is 0 Å². The highest BCUT2D eigenvalue weighted by atomic mass is 16.3. The van der Waals surface area contributed by atoms with E-state index >= 15 is 0 Å². The summed E-state index contributed by atoms with van der Waals surface area (Å²) in [6.07, 6.45) is 1.74. The summed E-state index contributed by atoms with van der Waals surface area (Å²) in [5.41, 5.74) is 7.50. The highest BCUT2D eigenvalue weighted by Gasteiger charge is 2.06. The van der Waals surface area contributed by atoms with E-state index in [4.69, 9.17) is 10.8 Å². The molecule has 0 aromatic heterocycles. The number of aliphatic hydroxyl groups is 1. The van der Waals surface area contributed by atoms with Crippen LogP contribution in [-0.4, -0.2) is 17.8 Å². The van der Waals surface area contributed by atoms with Gasteiger partial charge in [-0.05, 0) is 25.0 Å². The monoisotopic (exact) mass is 194 g/mol. The summed E-state index contributed by atoms with van der Waals surface area (Å²) in [7, 11) is 0. The fraction of sp³-hybridized carbons (Fsp3) is 0.455. The third-order valence-corrected chi connectivity index (χ3v) is 2.29. The number of hydrogen-bond acceptors (Lipinski definition) is 3. The Morgan fingerprint density at radius 2 is 2.14 bits per heavy atom. The molecule has 0 fully saturated rings. The van der Waals surface area contributed by atoms with E-state index in [1.165, 1.54) is 0 Å². The molecule has 0 heterocycles. The second kappa shape index (κ2) is 5.50. The van der Waals surface area contributed by atoms with Gasteiger partial charge in [0.25, 0.3) is 0 Å². The molecule has 1 aromatic carbocycles. The standard InChI is InChI=1S/C11H18N2O/c1-2-9(7-8-14)13-11-6-4-3-5-10(11)12/h3-6,9,13-14H,2,7-8,12H2,1H3. The van der Waals surface area contributed by atoms with Gasteiger partial charge in [-0.25, -0.2) is 0 Å². The van der Waals surface area contributed by atoms with E-state index in [1.54, 1.807) is 0 Å². The maximum atomic E-state index is 8.84. The van der Waals surface area contributed by atoms with Crippen LogP contribution in [0.2, 0.25) is 0 Å². The molecule has 0 saturated carbocycles. The van der Waals surface area contributed by atoms with Crippen molar-refractivity contribution in [3.63, 3.8) is 0 Å². The molecule has 0 bridgehead atoms. The van der Waals surface area contributed by atoms with Crippen LogP contribution in [0, 0.1) is 0 Å². The topological polar surface area (TPSA) is 58.3 Å². The molecule has 0 aliphatic heterocycles. The molecular weight excluding hydrogens is 176 g/mol. The van der Waals surface area contributed by atoms with Crippen molar-refractivity contribution < 1.29 is 5.11 Å². The SMILES string of the molecule is CCC(CCO)Nc1ccccc1N. The molecule has 4 N–H and O–H groups in total. The average molecular weight is 194 g/mol. The Hall–Kier alpha value is -1.22. The first kappa shape index (κ1) is 10.9. The first-order chi connectivity index (χ1) is 6.77. The Balaban J connectivity index is 2.62. The van der Waals surface area contributed by atoms with E-state index in [-0.39, 0.29) is 6.61 Å².